The second kappa shape index (κ2) is 8.75. The first-order valence-electron chi connectivity index (χ1n) is 12.0. The Morgan fingerprint density at radius 1 is 1.06 bits per heavy atom. The molecular formula is C25H34N4O2. The van der Waals surface area contributed by atoms with Crippen LogP contribution in [-0.4, -0.2) is 59.0 Å². The van der Waals surface area contributed by atoms with Crippen LogP contribution >= 0.6 is 0 Å². The van der Waals surface area contributed by atoms with Gasteiger partial charge in [0.2, 0.25) is 0 Å². The average Bonchev–Trinajstić information content (AvgIpc) is 3.42. The first kappa shape index (κ1) is 20.7. The highest BCUT2D eigenvalue weighted by Gasteiger charge is 2.39. The van der Waals surface area contributed by atoms with Crippen LogP contribution in [0.5, 0.6) is 0 Å². The molecule has 6 heteroatoms. The van der Waals surface area contributed by atoms with Gasteiger partial charge >= 0.3 is 0 Å². The Hall–Kier alpha value is -2.18. The number of nitrogens with one attached hydrogen (secondary N) is 1. The number of aryl methyl sites for hydroxylation is 1. The first-order valence-corrected chi connectivity index (χ1v) is 12.0. The Kier molecular flexibility index (Phi) is 5.85. The third kappa shape index (κ3) is 4.03. The van der Waals surface area contributed by atoms with E-state index < -0.39 is 0 Å². The van der Waals surface area contributed by atoms with Gasteiger partial charge in [0, 0.05) is 36.4 Å². The summed E-state index contributed by atoms with van der Waals surface area (Å²) >= 11 is 0. The number of benzene rings is 1. The van der Waals surface area contributed by atoms with Gasteiger partial charge in [0.15, 0.2) is 5.69 Å². The fourth-order valence-electron chi connectivity index (χ4n) is 5.70. The highest BCUT2D eigenvalue weighted by molar-refractivity contribution is 5.94. The van der Waals surface area contributed by atoms with Crippen LogP contribution in [0.4, 0.5) is 0 Å². The number of hydrogen-bond donors (Lipinski definition) is 1. The SMILES string of the molecule is Cc1ccc(-n2nc(C(=O)NCC3(N4CCOCC4)CCCCC3)c3c2CCC3)cc1. The van der Waals surface area contributed by atoms with Gasteiger partial charge in [-0.1, -0.05) is 37.0 Å². The Labute approximate surface area is 185 Å². The van der Waals surface area contributed by atoms with E-state index >= 15 is 0 Å². The number of aromatic nitrogens is 2. The number of amides is 1. The Morgan fingerprint density at radius 2 is 1.81 bits per heavy atom. The van der Waals surface area contributed by atoms with Crippen molar-refractivity contribution >= 4 is 5.91 Å². The monoisotopic (exact) mass is 422 g/mol. The van der Waals surface area contributed by atoms with Crippen LogP contribution in [0.2, 0.25) is 0 Å². The molecule has 1 aromatic heterocycles. The van der Waals surface area contributed by atoms with Gasteiger partial charge in [0.25, 0.3) is 5.91 Å². The molecule has 0 radical (unpaired) electrons. The van der Waals surface area contributed by atoms with Crippen molar-refractivity contribution in [2.75, 3.05) is 32.8 Å². The topological polar surface area (TPSA) is 59.4 Å². The van der Waals surface area contributed by atoms with E-state index in [0.717, 1.165) is 69.7 Å². The lowest BCUT2D eigenvalue weighted by Crippen LogP contribution is -2.59. The predicted molar refractivity (Wildman–Crippen MR) is 121 cm³/mol. The average molecular weight is 423 g/mol. The lowest BCUT2D eigenvalue weighted by molar-refractivity contribution is -0.0361. The smallest absolute Gasteiger partial charge is 0.272 e. The van der Waals surface area contributed by atoms with Crippen LogP contribution < -0.4 is 5.32 Å². The lowest BCUT2D eigenvalue weighted by Gasteiger charge is -2.48. The van der Waals surface area contributed by atoms with Gasteiger partial charge in [0.1, 0.15) is 0 Å². The first-order chi connectivity index (χ1) is 15.2. The molecule has 1 aliphatic heterocycles. The summed E-state index contributed by atoms with van der Waals surface area (Å²) in [4.78, 5) is 15.9. The van der Waals surface area contributed by atoms with E-state index in [1.165, 1.54) is 30.5 Å². The fourth-order valence-corrected chi connectivity index (χ4v) is 5.70. The molecule has 0 bridgehead atoms. The van der Waals surface area contributed by atoms with Gasteiger partial charge in [-0.3, -0.25) is 9.69 Å². The van der Waals surface area contributed by atoms with E-state index in [0.29, 0.717) is 12.2 Å². The molecule has 6 nitrogen and oxygen atoms in total. The Balaban J connectivity index is 1.36. The minimum absolute atomic E-state index is 0.0118. The molecule has 0 atom stereocenters. The van der Waals surface area contributed by atoms with Crippen molar-refractivity contribution in [2.24, 2.45) is 0 Å². The molecular weight excluding hydrogens is 388 g/mol. The maximum Gasteiger partial charge on any atom is 0.272 e. The van der Waals surface area contributed by atoms with Crippen molar-refractivity contribution < 1.29 is 9.53 Å². The summed E-state index contributed by atoms with van der Waals surface area (Å²) in [6.45, 7) is 6.32. The number of ether oxygens (including phenoxy) is 1. The van der Waals surface area contributed by atoms with Crippen LogP contribution in [-0.2, 0) is 17.6 Å². The van der Waals surface area contributed by atoms with Crippen molar-refractivity contribution in [3.63, 3.8) is 0 Å². The zero-order valence-corrected chi connectivity index (χ0v) is 18.7. The molecule has 0 unspecified atom stereocenters. The molecule has 1 amide bonds. The maximum atomic E-state index is 13.3. The molecule has 2 aliphatic carbocycles. The van der Waals surface area contributed by atoms with E-state index in [4.69, 9.17) is 9.84 Å². The quantitative estimate of drug-likeness (QED) is 0.802. The van der Waals surface area contributed by atoms with Crippen LogP contribution in [0.15, 0.2) is 24.3 Å². The van der Waals surface area contributed by atoms with Crippen molar-refractivity contribution in [3.05, 3.63) is 46.8 Å². The normalized spacial score (nSPS) is 21.1. The summed E-state index contributed by atoms with van der Waals surface area (Å²) in [5.74, 6) is -0.0118. The third-order valence-corrected chi connectivity index (χ3v) is 7.47. The van der Waals surface area contributed by atoms with Crippen molar-refractivity contribution in [2.45, 2.75) is 63.8 Å². The van der Waals surface area contributed by atoms with Crippen LogP contribution in [0.1, 0.15) is 65.8 Å². The van der Waals surface area contributed by atoms with Crippen LogP contribution in [0.3, 0.4) is 0 Å². The molecule has 3 aliphatic rings. The largest absolute Gasteiger partial charge is 0.379 e. The van der Waals surface area contributed by atoms with Crippen LogP contribution in [0, 0.1) is 6.92 Å². The summed E-state index contributed by atoms with van der Waals surface area (Å²) in [6, 6.07) is 8.40. The number of carbonyl (C=O) groups excluding carboxylic acids is 1. The van der Waals surface area contributed by atoms with Gasteiger partial charge in [-0.05, 0) is 51.2 Å². The Morgan fingerprint density at radius 3 is 2.55 bits per heavy atom. The van der Waals surface area contributed by atoms with Crippen molar-refractivity contribution in [3.8, 4) is 5.69 Å². The van der Waals surface area contributed by atoms with E-state index in [-0.39, 0.29) is 11.4 Å². The van der Waals surface area contributed by atoms with E-state index in [2.05, 4.69) is 41.4 Å². The van der Waals surface area contributed by atoms with E-state index in [9.17, 15) is 4.79 Å². The van der Waals surface area contributed by atoms with Gasteiger partial charge < -0.3 is 10.1 Å². The Bertz CT molecular complexity index is 922. The molecule has 2 heterocycles. The summed E-state index contributed by atoms with van der Waals surface area (Å²) in [5, 5.41) is 8.11. The fraction of sp³-hybridized carbons (Fsp3) is 0.600. The standard InChI is InChI=1S/C25H34N4O2/c1-19-8-10-20(11-9-19)29-22-7-5-6-21(22)23(27-29)24(30)26-18-25(12-3-2-4-13-25)28-14-16-31-17-15-28/h8-11H,2-7,12-18H2,1H3,(H,26,30). The zero-order valence-electron chi connectivity index (χ0n) is 18.7. The minimum atomic E-state index is -0.0118. The summed E-state index contributed by atoms with van der Waals surface area (Å²) in [6.07, 6.45) is 9.12. The second-order valence-electron chi connectivity index (χ2n) is 9.44. The van der Waals surface area contributed by atoms with Gasteiger partial charge in [0.05, 0.1) is 18.9 Å². The van der Waals surface area contributed by atoms with E-state index in [1.54, 1.807) is 0 Å². The van der Waals surface area contributed by atoms with Crippen LogP contribution in [0.25, 0.3) is 5.69 Å². The number of fused-ring (bicyclic) bond motifs is 1. The molecule has 0 spiro atoms. The van der Waals surface area contributed by atoms with Crippen molar-refractivity contribution in [1.29, 1.82) is 0 Å². The van der Waals surface area contributed by atoms with E-state index in [1.807, 2.05) is 4.68 Å². The molecule has 5 rings (SSSR count). The summed E-state index contributed by atoms with van der Waals surface area (Å²) < 4.78 is 7.59. The minimum Gasteiger partial charge on any atom is -0.379 e. The predicted octanol–water partition coefficient (Wildman–Crippen LogP) is 3.43. The molecule has 1 saturated carbocycles. The summed E-state index contributed by atoms with van der Waals surface area (Å²) in [5.41, 5.74) is 5.31. The lowest BCUT2D eigenvalue weighted by atomic mass is 9.79. The molecule has 31 heavy (non-hydrogen) atoms. The second-order valence-corrected chi connectivity index (χ2v) is 9.44. The highest BCUT2D eigenvalue weighted by atomic mass is 16.5. The number of morpholine rings is 1. The third-order valence-electron chi connectivity index (χ3n) is 7.47. The van der Waals surface area contributed by atoms with Gasteiger partial charge in [-0.25, -0.2) is 4.68 Å². The number of nitrogens with zero attached hydrogens (tertiary/aromatic N) is 3. The number of carbonyl (C=O) groups is 1. The molecule has 166 valence electrons. The summed E-state index contributed by atoms with van der Waals surface area (Å²) in [7, 11) is 0. The maximum absolute atomic E-state index is 13.3. The molecule has 2 aromatic rings. The highest BCUT2D eigenvalue weighted by Crippen LogP contribution is 2.34. The number of rotatable bonds is 5. The van der Waals surface area contributed by atoms with Gasteiger partial charge in [-0.2, -0.15) is 5.10 Å². The number of hydrogen-bond acceptors (Lipinski definition) is 4. The van der Waals surface area contributed by atoms with Crippen molar-refractivity contribution in [1.82, 2.24) is 20.0 Å². The van der Waals surface area contributed by atoms with Gasteiger partial charge in [-0.15, -0.1) is 0 Å². The zero-order chi connectivity index (χ0) is 21.3. The molecule has 1 N–H and O–H groups in total. The molecule has 1 saturated heterocycles. The molecule has 2 fully saturated rings. The molecule has 1 aromatic carbocycles.